The third-order valence-electron chi connectivity index (χ3n) is 4.56. The number of rotatable bonds is 7. The van der Waals surface area contributed by atoms with Crippen LogP contribution in [0.15, 0.2) is 53.1 Å². The number of alkyl halides is 3. The van der Waals surface area contributed by atoms with E-state index < -0.39 is 35.4 Å². The number of carbonyl (C=O) groups is 2. The molecule has 3 rings (SSSR count). The van der Waals surface area contributed by atoms with Crippen molar-refractivity contribution in [3.8, 4) is 11.5 Å². The summed E-state index contributed by atoms with van der Waals surface area (Å²) in [7, 11) is 1.25. The van der Waals surface area contributed by atoms with Gasteiger partial charge in [0, 0.05) is 12.0 Å². The second kappa shape index (κ2) is 9.63. The molecule has 1 amide bonds. The molecule has 8 nitrogen and oxygen atoms in total. The van der Waals surface area contributed by atoms with Crippen LogP contribution >= 0.6 is 0 Å². The average molecular weight is 460 g/mol. The molecule has 3 aromatic rings. The van der Waals surface area contributed by atoms with Crippen LogP contribution in [0.1, 0.15) is 35.3 Å². The first-order valence-electron chi connectivity index (χ1n) is 9.66. The minimum absolute atomic E-state index is 0.0640. The number of amides is 1. The van der Waals surface area contributed by atoms with Gasteiger partial charge in [0.1, 0.15) is 0 Å². The van der Waals surface area contributed by atoms with Crippen LogP contribution in [0, 0.1) is 11.3 Å². The van der Waals surface area contributed by atoms with E-state index in [1.54, 1.807) is 25.1 Å². The molecule has 2 aromatic heterocycles. The number of anilines is 1. The van der Waals surface area contributed by atoms with Crippen molar-refractivity contribution in [1.82, 2.24) is 9.97 Å². The monoisotopic (exact) mass is 460 g/mol. The van der Waals surface area contributed by atoms with Gasteiger partial charge in [0.25, 0.3) is 5.91 Å². The molecule has 0 saturated carbocycles. The fourth-order valence-corrected chi connectivity index (χ4v) is 2.90. The van der Waals surface area contributed by atoms with E-state index in [9.17, 15) is 22.8 Å². The molecule has 0 spiro atoms. The number of halogens is 3. The summed E-state index contributed by atoms with van der Waals surface area (Å²) in [5.41, 5.74) is -0.227. The van der Waals surface area contributed by atoms with Gasteiger partial charge in [0.15, 0.2) is 5.69 Å². The average Bonchev–Trinajstić information content (AvgIpc) is 3.26. The summed E-state index contributed by atoms with van der Waals surface area (Å²) in [4.78, 5) is 31.8. The lowest BCUT2D eigenvalue weighted by Crippen LogP contribution is -2.19. The Bertz CT molecular complexity index is 1160. The van der Waals surface area contributed by atoms with Crippen LogP contribution in [0.2, 0.25) is 0 Å². The van der Waals surface area contributed by atoms with Gasteiger partial charge >= 0.3 is 12.1 Å². The van der Waals surface area contributed by atoms with Gasteiger partial charge in [-0.2, -0.15) is 13.2 Å². The maximum absolute atomic E-state index is 13.4. The fraction of sp³-hybridized carbons (Fsp3) is 0.227. The third-order valence-corrected chi connectivity index (χ3v) is 4.56. The number of pyridine rings is 1. The van der Waals surface area contributed by atoms with Crippen molar-refractivity contribution in [2.45, 2.75) is 19.5 Å². The van der Waals surface area contributed by atoms with Crippen molar-refractivity contribution < 1.29 is 31.9 Å². The van der Waals surface area contributed by atoms with E-state index in [-0.39, 0.29) is 35.0 Å². The molecule has 0 bridgehead atoms. The number of ether oxygens (including phenoxy) is 1. The lowest BCUT2D eigenvalue weighted by Gasteiger charge is -2.10. The lowest BCUT2D eigenvalue weighted by molar-refractivity contribution is -0.153. The zero-order chi connectivity index (χ0) is 24.2. The van der Waals surface area contributed by atoms with Crippen molar-refractivity contribution in [2.24, 2.45) is 5.92 Å². The number of nitrogens with zero attached hydrogens (tertiary/aromatic N) is 2. The third kappa shape index (κ3) is 5.62. The number of oxazole rings is 1. The quantitative estimate of drug-likeness (QED) is 0.394. The molecule has 2 N–H and O–H groups in total. The highest BCUT2D eigenvalue weighted by Crippen LogP contribution is 2.35. The minimum atomic E-state index is -4.93. The highest BCUT2D eigenvalue weighted by Gasteiger charge is 2.42. The molecule has 172 valence electrons. The van der Waals surface area contributed by atoms with Crippen LogP contribution in [0.25, 0.3) is 11.5 Å². The zero-order valence-corrected chi connectivity index (χ0v) is 17.6. The van der Waals surface area contributed by atoms with Gasteiger partial charge in [-0.1, -0.05) is 25.1 Å². The van der Waals surface area contributed by atoms with Crippen molar-refractivity contribution in [1.29, 1.82) is 5.41 Å². The van der Waals surface area contributed by atoms with Crippen LogP contribution in [0.3, 0.4) is 0 Å². The second-order valence-electron chi connectivity index (χ2n) is 7.05. The molecule has 0 aliphatic rings. The summed E-state index contributed by atoms with van der Waals surface area (Å²) in [6, 6.07) is 10.7. The van der Waals surface area contributed by atoms with Crippen molar-refractivity contribution >= 4 is 23.3 Å². The van der Waals surface area contributed by atoms with E-state index in [0.717, 1.165) is 0 Å². The van der Waals surface area contributed by atoms with E-state index in [0.29, 0.717) is 0 Å². The smallest absolute Gasteiger partial charge is 0.452 e. The molecule has 0 radical (unpaired) electrons. The Morgan fingerprint density at radius 2 is 1.88 bits per heavy atom. The van der Waals surface area contributed by atoms with E-state index in [1.165, 1.54) is 37.6 Å². The summed E-state index contributed by atoms with van der Waals surface area (Å²) in [5.74, 6) is -3.99. The standard InChI is InChI=1S/C22H19F3N4O4/c1-12(21(31)32-2)10-15(26)16-9-8-14(11-27-16)28-19(30)17-18(22(23,24)25)33-20(29-17)13-6-4-3-5-7-13/h3-9,11-12,26H,10H2,1-2H3,(H,28,30). The van der Waals surface area contributed by atoms with Crippen molar-refractivity contribution in [2.75, 3.05) is 12.4 Å². The molecule has 33 heavy (non-hydrogen) atoms. The topological polar surface area (TPSA) is 118 Å². The summed E-state index contributed by atoms with van der Waals surface area (Å²) in [6.07, 6.45) is -3.65. The SMILES string of the molecule is COC(=O)C(C)CC(=N)c1ccc(NC(=O)c2nc(-c3ccccc3)oc2C(F)(F)F)cn1. The molecule has 0 fully saturated rings. The van der Waals surface area contributed by atoms with Crippen LogP contribution in [-0.2, 0) is 15.7 Å². The summed E-state index contributed by atoms with van der Waals surface area (Å²) >= 11 is 0. The predicted molar refractivity (Wildman–Crippen MR) is 112 cm³/mol. The fourth-order valence-electron chi connectivity index (χ4n) is 2.90. The van der Waals surface area contributed by atoms with E-state index >= 15 is 0 Å². The Balaban J connectivity index is 1.78. The normalized spacial score (nSPS) is 12.2. The largest absolute Gasteiger partial charge is 0.469 e. The second-order valence-corrected chi connectivity index (χ2v) is 7.05. The Hall–Kier alpha value is -4.02. The molecule has 1 atom stereocenters. The maximum atomic E-state index is 13.4. The predicted octanol–water partition coefficient (Wildman–Crippen LogP) is 4.57. The molecule has 1 unspecified atom stereocenters. The van der Waals surface area contributed by atoms with Crippen LogP contribution in [0.4, 0.5) is 18.9 Å². The summed E-state index contributed by atoms with van der Waals surface area (Å²) in [6.45, 7) is 1.61. The van der Waals surface area contributed by atoms with E-state index in [1.807, 2.05) is 0 Å². The molecule has 2 heterocycles. The number of nitrogens with one attached hydrogen (secondary N) is 2. The van der Waals surface area contributed by atoms with Gasteiger partial charge in [0.2, 0.25) is 11.7 Å². The molecule has 11 heteroatoms. The number of carbonyl (C=O) groups excluding carboxylic acids is 2. The molecule has 1 aromatic carbocycles. The number of hydrogen-bond donors (Lipinski definition) is 2. The highest BCUT2D eigenvalue weighted by molar-refractivity contribution is 6.04. The van der Waals surface area contributed by atoms with Crippen LogP contribution in [0.5, 0.6) is 0 Å². The number of benzene rings is 1. The lowest BCUT2D eigenvalue weighted by atomic mass is 10.0. The van der Waals surface area contributed by atoms with Gasteiger partial charge in [-0.3, -0.25) is 14.6 Å². The highest BCUT2D eigenvalue weighted by atomic mass is 19.4. The molecule has 0 saturated heterocycles. The van der Waals surface area contributed by atoms with Crippen LogP contribution in [-0.4, -0.2) is 34.7 Å². The first-order valence-corrected chi connectivity index (χ1v) is 9.66. The minimum Gasteiger partial charge on any atom is -0.469 e. The molecule has 0 aliphatic carbocycles. The van der Waals surface area contributed by atoms with Gasteiger partial charge < -0.3 is 19.9 Å². The Morgan fingerprint density at radius 3 is 2.45 bits per heavy atom. The van der Waals surface area contributed by atoms with Crippen molar-refractivity contribution in [3.63, 3.8) is 0 Å². The van der Waals surface area contributed by atoms with E-state index in [2.05, 4.69) is 20.0 Å². The Labute approximate surface area is 186 Å². The Kier molecular flexibility index (Phi) is 6.90. The van der Waals surface area contributed by atoms with Gasteiger partial charge in [0.05, 0.1) is 36.3 Å². The van der Waals surface area contributed by atoms with Gasteiger partial charge in [-0.15, -0.1) is 0 Å². The number of methoxy groups -OCH3 is 1. The maximum Gasteiger partial charge on any atom is 0.452 e. The van der Waals surface area contributed by atoms with Gasteiger partial charge in [-0.25, -0.2) is 4.98 Å². The number of hydrogen-bond acceptors (Lipinski definition) is 7. The molecular weight excluding hydrogens is 441 g/mol. The van der Waals surface area contributed by atoms with Crippen molar-refractivity contribution in [3.05, 3.63) is 65.8 Å². The number of aromatic nitrogens is 2. The molecular formula is C22H19F3N4O4. The van der Waals surface area contributed by atoms with Gasteiger partial charge in [-0.05, 0) is 24.3 Å². The first kappa shape index (κ1) is 23.6. The van der Waals surface area contributed by atoms with Crippen LogP contribution < -0.4 is 5.32 Å². The number of esters is 1. The first-order chi connectivity index (χ1) is 15.6. The summed E-state index contributed by atoms with van der Waals surface area (Å²) < 4.78 is 49.7. The van der Waals surface area contributed by atoms with E-state index in [4.69, 9.17) is 9.83 Å². The zero-order valence-electron chi connectivity index (χ0n) is 17.6. The Morgan fingerprint density at radius 1 is 1.18 bits per heavy atom. The molecule has 0 aliphatic heterocycles. The summed E-state index contributed by atoms with van der Waals surface area (Å²) in [5, 5.41) is 10.4.